The molecule has 0 fully saturated rings. The van der Waals surface area contributed by atoms with Crippen LogP contribution >= 0.6 is 22.7 Å². The molecule has 0 aliphatic heterocycles. The van der Waals surface area contributed by atoms with Crippen LogP contribution < -0.4 is 0 Å². The minimum Gasteiger partial charge on any atom is -0.512 e. The van der Waals surface area contributed by atoms with Crippen molar-refractivity contribution in [3.8, 4) is 11.3 Å². The van der Waals surface area contributed by atoms with Crippen molar-refractivity contribution in [1.82, 2.24) is 9.97 Å². The summed E-state index contributed by atoms with van der Waals surface area (Å²) in [6.07, 6.45) is 7.60. The zero-order chi connectivity index (χ0) is 38.2. The molecule has 1 N–H and O–H groups in total. The van der Waals surface area contributed by atoms with Crippen LogP contribution in [-0.2, 0) is 36.7 Å². The van der Waals surface area contributed by atoms with Crippen molar-refractivity contribution in [2.45, 2.75) is 121 Å². The summed E-state index contributed by atoms with van der Waals surface area (Å²) >= 11 is 3.72. The molecule has 0 bridgehead atoms. The van der Waals surface area contributed by atoms with Gasteiger partial charge in [-0.2, -0.15) is 0 Å². The van der Waals surface area contributed by atoms with E-state index in [2.05, 4.69) is 95.1 Å². The Labute approximate surface area is 338 Å². The van der Waals surface area contributed by atoms with Gasteiger partial charge in [0.05, 0.1) is 0 Å². The van der Waals surface area contributed by atoms with E-state index < -0.39 is 0 Å². The van der Waals surface area contributed by atoms with Crippen molar-refractivity contribution >= 4 is 69.6 Å². The van der Waals surface area contributed by atoms with Crippen molar-refractivity contribution in [2.75, 3.05) is 0 Å². The van der Waals surface area contributed by atoms with Crippen molar-refractivity contribution < 1.29 is 30.0 Å². The third-order valence-corrected chi connectivity index (χ3v) is 13.8. The maximum atomic E-state index is 12.2. The van der Waals surface area contributed by atoms with Gasteiger partial charge in [-0.25, -0.2) is 4.98 Å². The zero-order valence-corrected chi connectivity index (χ0v) is 37.7. The number of aryl methyl sites for hydroxylation is 1. The minimum atomic E-state index is -0.337. The van der Waals surface area contributed by atoms with Crippen LogP contribution in [0.15, 0.2) is 60.6 Å². The minimum absolute atomic E-state index is 0. The number of fused-ring (bicyclic) bond motifs is 5. The molecule has 53 heavy (non-hydrogen) atoms. The second kappa shape index (κ2) is 16.8. The Balaban J connectivity index is 0.000000299. The van der Waals surface area contributed by atoms with Crippen LogP contribution in [0, 0.1) is 29.7 Å². The average molecular weight is 926 g/mol. The van der Waals surface area contributed by atoms with Crippen LogP contribution in [0.4, 0.5) is 0 Å². The number of ketones is 1. The molecule has 0 saturated carbocycles. The number of aliphatic hydroxyl groups excluding tert-OH is 1. The van der Waals surface area contributed by atoms with Gasteiger partial charge in [0.2, 0.25) is 0 Å². The van der Waals surface area contributed by atoms with E-state index in [1.165, 1.54) is 47.6 Å². The molecule has 7 heteroatoms. The van der Waals surface area contributed by atoms with Gasteiger partial charge in [-0.3, -0.25) is 9.78 Å². The fourth-order valence-corrected chi connectivity index (χ4v) is 9.39. The van der Waals surface area contributed by atoms with E-state index >= 15 is 0 Å². The first-order valence-electron chi connectivity index (χ1n) is 19.0. The Kier molecular flexibility index (Phi) is 13.6. The monoisotopic (exact) mass is 926 g/mol. The standard InChI is InChI=1S/C31H29N2S2.C15H28O2.Ir/c1-17(2)11-25-18(3)22-14-23-27(15-26(22)34-25)35-30-28(23)29(32-16-33-30)20-12-19-9-7-8-10-21(19)24(13-20)31(4,5)6;1-7-14(5,8-2)12(16)11-13(17)15(6,9-3)10-4;/h7-10,13-17H,11H2,1-6H3;11,16H,7-10H2,1-6H3;/q-1;;/b;12-11-;. The Hall–Kier alpha value is -2.96. The van der Waals surface area contributed by atoms with Gasteiger partial charge in [-0.1, -0.05) is 105 Å². The van der Waals surface area contributed by atoms with E-state index in [-0.39, 0.29) is 47.9 Å². The molecule has 6 rings (SSSR count). The number of aliphatic hydroxyl groups is 1. The van der Waals surface area contributed by atoms with E-state index in [1.54, 1.807) is 17.7 Å². The van der Waals surface area contributed by atoms with E-state index in [4.69, 9.17) is 4.98 Å². The fourth-order valence-electron chi connectivity index (χ4n) is 6.80. The maximum Gasteiger partial charge on any atom is 0.164 e. The third-order valence-electron chi connectivity index (χ3n) is 11.5. The first-order chi connectivity index (χ1) is 24.5. The predicted octanol–water partition coefficient (Wildman–Crippen LogP) is 14.1. The van der Waals surface area contributed by atoms with Crippen LogP contribution in [0.5, 0.6) is 0 Å². The van der Waals surface area contributed by atoms with Gasteiger partial charge in [-0.15, -0.1) is 51.8 Å². The second-order valence-electron chi connectivity index (χ2n) is 16.4. The summed E-state index contributed by atoms with van der Waals surface area (Å²) < 4.78 is 2.66. The van der Waals surface area contributed by atoms with Crippen molar-refractivity contribution in [3.05, 3.63) is 82.7 Å². The number of benzene rings is 3. The summed E-state index contributed by atoms with van der Waals surface area (Å²) in [4.78, 5) is 24.3. The molecule has 0 aliphatic carbocycles. The van der Waals surface area contributed by atoms with Gasteiger partial charge in [0, 0.05) is 62.4 Å². The Morgan fingerprint density at radius 2 is 1.47 bits per heavy atom. The number of hydrogen-bond donors (Lipinski definition) is 1. The first kappa shape index (κ1) is 42.8. The van der Waals surface area contributed by atoms with Crippen LogP contribution in [0.3, 0.4) is 0 Å². The molecule has 4 nitrogen and oxygen atoms in total. The van der Waals surface area contributed by atoms with Crippen LogP contribution in [0.2, 0.25) is 0 Å². The van der Waals surface area contributed by atoms with E-state index in [0.717, 1.165) is 59.0 Å². The molecule has 0 amide bonds. The molecule has 0 unspecified atom stereocenters. The maximum absolute atomic E-state index is 12.2. The van der Waals surface area contributed by atoms with Crippen molar-refractivity contribution in [2.24, 2.45) is 16.7 Å². The molecule has 3 heterocycles. The van der Waals surface area contributed by atoms with E-state index in [0.29, 0.717) is 5.92 Å². The zero-order valence-electron chi connectivity index (χ0n) is 33.7. The number of nitrogens with zero attached hydrogens (tertiary/aromatic N) is 2. The summed E-state index contributed by atoms with van der Waals surface area (Å²) in [7, 11) is 0. The van der Waals surface area contributed by atoms with Crippen molar-refractivity contribution in [3.63, 3.8) is 0 Å². The molecular weight excluding hydrogens is 869 g/mol. The van der Waals surface area contributed by atoms with Gasteiger partial charge in [0.1, 0.15) is 16.9 Å². The van der Waals surface area contributed by atoms with Gasteiger partial charge in [0.15, 0.2) is 5.78 Å². The number of carbonyl (C=O) groups excluding carboxylic acids is 1. The predicted molar refractivity (Wildman–Crippen MR) is 227 cm³/mol. The summed E-state index contributed by atoms with van der Waals surface area (Å²) in [6.45, 7) is 25.8. The van der Waals surface area contributed by atoms with Crippen molar-refractivity contribution in [1.29, 1.82) is 0 Å². The van der Waals surface area contributed by atoms with Crippen LogP contribution in [-0.4, -0.2) is 20.9 Å². The molecule has 0 spiro atoms. The SMILES string of the molecule is CCC(C)(CC)C(=O)/C=C(\O)C(C)(CC)CC.Cc1c(CC(C)C)sc2cc3sc4ncnc(-c5[c-]c6ccccc6c(C(C)(C)C)c5)c4c3cc12.[Ir]. The molecule has 0 atom stereocenters. The van der Waals surface area contributed by atoms with E-state index in [1.807, 2.05) is 52.9 Å². The topological polar surface area (TPSA) is 63.1 Å². The number of rotatable bonds is 10. The smallest absolute Gasteiger partial charge is 0.164 e. The molecule has 285 valence electrons. The largest absolute Gasteiger partial charge is 0.512 e. The van der Waals surface area contributed by atoms with Gasteiger partial charge >= 0.3 is 0 Å². The molecule has 0 saturated heterocycles. The van der Waals surface area contributed by atoms with Gasteiger partial charge < -0.3 is 5.11 Å². The number of carbonyl (C=O) groups is 1. The third kappa shape index (κ3) is 8.64. The first-order valence-corrected chi connectivity index (χ1v) is 20.6. The molecular formula is C46H57IrN2O2S2-. The van der Waals surface area contributed by atoms with Gasteiger partial charge in [0.25, 0.3) is 0 Å². The number of thiophene rings is 2. The molecule has 0 aliphatic rings. The van der Waals surface area contributed by atoms with Gasteiger partial charge in [-0.05, 0) is 78.8 Å². The van der Waals surface area contributed by atoms with E-state index in [9.17, 15) is 9.90 Å². The average Bonchev–Trinajstić information content (AvgIpc) is 3.64. The Bertz CT molecular complexity index is 2260. The summed E-state index contributed by atoms with van der Waals surface area (Å²) in [6, 6.07) is 19.3. The number of allylic oxidation sites excluding steroid dienone is 2. The fraction of sp³-hybridized carbons (Fsp3) is 0.457. The molecule has 6 aromatic rings. The second-order valence-corrected chi connectivity index (χ2v) is 18.6. The number of aromatic nitrogens is 2. The summed E-state index contributed by atoms with van der Waals surface area (Å²) in [5.74, 6) is 0.943. The Morgan fingerprint density at radius 3 is 2.08 bits per heavy atom. The quantitative estimate of drug-likeness (QED) is 0.0845. The number of hydrogen-bond acceptors (Lipinski definition) is 6. The summed E-state index contributed by atoms with van der Waals surface area (Å²) in [5.41, 5.74) is 4.18. The molecule has 3 aromatic carbocycles. The normalized spacial score (nSPS) is 12.8. The summed E-state index contributed by atoms with van der Waals surface area (Å²) in [5, 5.41) is 16.3. The Morgan fingerprint density at radius 1 is 0.849 bits per heavy atom. The van der Waals surface area contributed by atoms with Crippen LogP contribution in [0.1, 0.15) is 118 Å². The van der Waals surface area contributed by atoms with Crippen LogP contribution in [0.25, 0.3) is 52.4 Å². The molecule has 1 radical (unpaired) electrons. The molecule has 3 aromatic heterocycles.